The Bertz CT molecular complexity index is 721. The highest BCUT2D eigenvalue weighted by Gasteiger charge is 2.20. The molecule has 1 aromatic heterocycles. The molecule has 4 heteroatoms. The molecule has 0 spiro atoms. The molecule has 1 heterocycles. The molecule has 1 N–H and O–H groups in total. The van der Waals surface area contributed by atoms with E-state index in [9.17, 15) is 4.79 Å². The van der Waals surface area contributed by atoms with Gasteiger partial charge in [-0.3, -0.25) is 9.78 Å². The number of rotatable bonds is 6. The molecule has 27 heavy (non-hydrogen) atoms. The summed E-state index contributed by atoms with van der Waals surface area (Å²) in [6.07, 6.45) is 11.1. The monoisotopic (exact) mass is 365 g/mol. The Morgan fingerprint density at radius 2 is 1.81 bits per heavy atom. The zero-order valence-electron chi connectivity index (χ0n) is 16.5. The SMILES string of the molecule is CC(C)N(Cc1ccccc1)C(=O)c1cncc(NC2CCCCCC2)c1. The van der Waals surface area contributed by atoms with E-state index in [-0.39, 0.29) is 11.9 Å². The van der Waals surface area contributed by atoms with Gasteiger partial charge in [-0.25, -0.2) is 0 Å². The number of aromatic nitrogens is 1. The standard InChI is InChI=1S/C23H31N3O/c1-18(2)26(17-19-10-6-5-7-11-19)23(27)20-14-22(16-24-15-20)25-21-12-8-3-4-9-13-21/h5-7,10-11,14-16,18,21,25H,3-4,8-9,12-13,17H2,1-2H3. The predicted octanol–water partition coefficient (Wildman–Crippen LogP) is 5.27. The molecule has 1 aliphatic carbocycles. The second-order valence-electron chi connectivity index (χ2n) is 7.81. The van der Waals surface area contributed by atoms with E-state index in [1.54, 1.807) is 6.20 Å². The molecule has 144 valence electrons. The summed E-state index contributed by atoms with van der Waals surface area (Å²) in [6, 6.07) is 12.7. The fourth-order valence-corrected chi connectivity index (χ4v) is 3.73. The molecule has 0 atom stereocenters. The molecule has 0 aliphatic heterocycles. The molecule has 2 aromatic rings. The fourth-order valence-electron chi connectivity index (χ4n) is 3.73. The van der Waals surface area contributed by atoms with Crippen molar-refractivity contribution in [2.75, 3.05) is 5.32 Å². The topological polar surface area (TPSA) is 45.2 Å². The van der Waals surface area contributed by atoms with Crippen LogP contribution in [0.4, 0.5) is 5.69 Å². The smallest absolute Gasteiger partial charge is 0.256 e. The third kappa shape index (κ3) is 5.56. The van der Waals surface area contributed by atoms with E-state index in [4.69, 9.17) is 0 Å². The van der Waals surface area contributed by atoms with Gasteiger partial charge in [-0.2, -0.15) is 0 Å². The van der Waals surface area contributed by atoms with Crippen molar-refractivity contribution in [1.82, 2.24) is 9.88 Å². The second-order valence-corrected chi connectivity index (χ2v) is 7.81. The van der Waals surface area contributed by atoms with Crippen LogP contribution < -0.4 is 5.32 Å². The molecule has 0 bridgehead atoms. The number of hydrogen-bond acceptors (Lipinski definition) is 3. The summed E-state index contributed by atoms with van der Waals surface area (Å²) in [5.74, 6) is 0.0332. The second kappa shape index (κ2) is 9.54. The molecule has 1 saturated carbocycles. The minimum Gasteiger partial charge on any atom is -0.381 e. The van der Waals surface area contributed by atoms with Gasteiger partial charge < -0.3 is 10.2 Å². The number of anilines is 1. The Labute approximate surface area is 163 Å². The summed E-state index contributed by atoms with van der Waals surface area (Å²) >= 11 is 0. The Hall–Kier alpha value is -2.36. The molecule has 0 radical (unpaired) electrons. The van der Waals surface area contributed by atoms with Crippen molar-refractivity contribution >= 4 is 11.6 Å². The highest BCUT2D eigenvalue weighted by Crippen LogP contribution is 2.22. The lowest BCUT2D eigenvalue weighted by Crippen LogP contribution is -2.36. The van der Waals surface area contributed by atoms with Gasteiger partial charge in [-0.05, 0) is 38.3 Å². The number of pyridine rings is 1. The molecule has 4 nitrogen and oxygen atoms in total. The van der Waals surface area contributed by atoms with Crippen LogP contribution in [0, 0.1) is 0 Å². The Kier molecular flexibility index (Phi) is 6.86. The molecular formula is C23H31N3O. The summed E-state index contributed by atoms with van der Waals surface area (Å²) < 4.78 is 0. The summed E-state index contributed by atoms with van der Waals surface area (Å²) in [6.45, 7) is 4.72. The van der Waals surface area contributed by atoms with Crippen LogP contribution in [0.25, 0.3) is 0 Å². The normalized spacial score (nSPS) is 15.4. The van der Waals surface area contributed by atoms with E-state index in [2.05, 4.69) is 36.3 Å². The number of amides is 1. The molecule has 1 amide bonds. The number of nitrogens with zero attached hydrogens (tertiary/aromatic N) is 2. The zero-order chi connectivity index (χ0) is 19.1. The number of carbonyl (C=O) groups excluding carboxylic acids is 1. The van der Waals surface area contributed by atoms with Crippen LogP contribution in [-0.2, 0) is 6.54 Å². The number of nitrogens with one attached hydrogen (secondary N) is 1. The van der Waals surface area contributed by atoms with Crippen LogP contribution >= 0.6 is 0 Å². The van der Waals surface area contributed by atoms with E-state index in [1.165, 1.54) is 38.5 Å². The predicted molar refractivity (Wildman–Crippen MR) is 111 cm³/mol. The largest absolute Gasteiger partial charge is 0.381 e. The van der Waals surface area contributed by atoms with Crippen LogP contribution in [0.15, 0.2) is 48.8 Å². The van der Waals surface area contributed by atoms with Gasteiger partial charge in [0.25, 0.3) is 5.91 Å². The lowest BCUT2D eigenvalue weighted by Gasteiger charge is -2.27. The average Bonchev–Trinajstić information content (AvgIpc) is 2.95. The van der Waals surface area contributed by atoms with Crippen LogP contribution in [0.2, 0.25) is 0 Å². The van der Waals surface area contributed by atoms with Gasteiger partial charge in [-0.15, -0.1) is 0 Å². The number of hydrogen-bond donors (Lipinski definition) is 1. The van der Waals surface area contributed by atoms with Crippen molar-refractivity contribution in [1.29, 1.82) is 0 Å². The Morgan fingerprint density at radius 3 is 2.48 bits per heavy atom. The molecule has 1 fully saturated rings. The van der Waals surface area contributed by atoms with E-state index < -0.39 is 0 Å². The summed E-state index contributed by atoms with van der Waals surface area (Å²) in [5.41, 5.74) is 2.75. The van der Waals surface area contributed by atoms with Crippen molar-refractivity contribution in [2.45, 2.75) is 71.0 Å². The first kappa shape index (κ1) is 19.4. The van der Waals surface area contributed by atoms with Gasteiger partial charge in [0.2, 0.25) is 0 Å². The first-order valence-corrected chi connectivity index (χ1v) is 10.2. The van der Waals surface area contributed by atoms with Gasteiger partial charge in [-0.1, -0.05) is 56.0 Å². The molecule has 0 unspecified atom stereocenters. The molecular weight excluding hydrogens is 334 g/mol. The summed E-state index contributed by atoms with van der Waals surface area (Å²) in [7, 11) is 0. The minimum absolute atomic E-state index is 0.0332. The summed E-state index contributed by atoms with van der Waals surface area (Å²) in [5, 5.41) is 3.60. The van der Waals surface area contributed by atoms with Crippen molar-refractivity contribution < 1.29 is 4.79 Å². The number of carbonyl (C=O) groups is 1. The van der Waals surface area contributed by atoms with Gasteiger partial charge in [0.15, 0.2) is 0 Å². The van der Waals surface area contributed by atoms with Gasteiger partial charge >= 0.3 is 0 Å². The maximum atomic E-state index is 13.1. The van der Waals surface area contributed by atoms with E-state index in [0.717, 1.165) is 11.3 Å². The van der Waals surface area contributed by atoms with Crippen LogP contribution in [0.5, 0.6) is 0 Å². The third-order valence-electron chi connectivity index (χ3n) is 5.29. The van der Waals surface area contributed by atoms with Crippen molar-refractivity contribution in [3.8, 4) is 0 Å². The van der Waals surface area contributed by atoms with Gasteiger partial charge in [0.1, 0.15) is 0 Å². The van der Waals surface area contributed by atoms with Crippen LogP contribution in [-0.4, -0.2) is 27.9 Å². The maximum Gasteiger partial charge on any atom is 0.256 e. The van der Waals surface area contributed by atoms with Crippen LogP contribution in [0.3, 0.4) is 0 Å². The van der Waals surface area contributed by atoms with Crippen LogP contribution in [0.1, 0.15) is 68.3 Å². The Balaban J connectivity index is 1.72. The van der Waals surface area contributed by atoms with Gasteiger partial charge in [0, 0.05) is 31.0 Å². The Morgan fingerprint density at radius 1 is 1.11 bits per heavy atom. The maximum absolute atomic E-state index is 13.1. The molecule has 0 saturated heterocycles. The fraction of sp³-hybridized carbons (Fsp3) is 0.478. The highest BCUT2D eigenvalue weighted by atomic mass is 16.2. The molecule has 1 aromatic carbocycles. The first-order valence-electron chi connectivity index (χ1n) is 10.2. The van der Waals surface area contributed by atoms with Gasteiger partial charge in [0.05, 0.1) is 11.3 Å². The lowest BCUT2D eigenvalue weighted by molar-refractivity contribution is 0.0690. The van der Waals surface area contributed by atoms with Crippen molar-refractivity contribution in [2.24, 2.45) is 0 Å². The third-order valence-corrected chi connectivity index (χ3v) is 5.29. The molecule has 1 aliphatic rings. The average molecular weight is 366 g/mol. The quantitative estimate of drug-likeness (QED) is 0.710. The van der Waals surface area contributed by atoms with Crippen molar-refractivity contribution in [3.05, 3.63) is 59.9 Å². The van der Waals surface area contributed by atoms with Crippen molar-refractivity contribution in [3.63, 3.8) is 0 Å². The highest BCUT2D eigenvalue weighted by molar-refractivity contribution is 5.95. The minimum atomic E-state index is 0.0332. The first-order chi connectivity index (χ1) is 13.1. The van der Waals surface area contributed by atoms with E-state index in [0.29, 0.717) is 18.2 Å². The van der Waals surface area contributed by atoms with E-state index in [1.807, 2.05) is 35.4 Å². The lowest BCUT2D eigenvalue weighted by atomic mass is 10.1. The number of benzene rings is 1. The van der Waals surface area contributed by atoms with E-state index >= 15 is 0 Å². The zero-order valence-corrected chi connectivity index (χ0v) is 16.5. The summed E-state index contributed by atoms with van der Waals surface area (Å²) in [4.78, 5) is 19.4. The molecule has 3 rings (SSSR count).